The number of ether oxygens (including phenoxy) is 1. The first-order valence-corrected chi connectivity index (χ1v) is 17.3. The number of nitro benzene ring substituents is 1. The maximum absolute atomic E-state index is 13.4. The van der Waals surface area contributed by atoms with Crippen molar-refractivity contribution in [2.45, 2.75) is 75.8 Å². The SMILES string of the molecule is O=C(O)[C@@H](C1CCCCC1)N1C[C@H](CN2CCC(N(CC3CC3)C(=O)COc3ccc([N+](=O)[O-])cc3)CC2)[C@@H](c2ccccc2)C1. The number of benzene rings is 2. The van der Waals surface area contributed by atoms with Crippen LogP contribution in [0.5, 0.6) is 5.75 Å². The monoisotopic (exact) mass is 632 g/mol. The Morgan fingerprint density at radius 2 is 1.63 bits per heavy atom. The van der Waals surface area contributed by atoms with Gasteiger partial charge in [0, 0.05) is 63.4 Å². The quantitative estimate of drug-likeness (QED) is 0.230. The molecule has 2 aromatic carbocycles. The van der Waals surface area contributed by atoms with E-state index in [1.165, 1.54) is 36.2 Å². The fourth-order valence-electron chi connectivity index (χ4n) is 8.17. The normalized spacial score (nSPS) is 24.0. The van der Waals surface area contributed by atoms with Gasteiger partial charge in [0.15, 0.2) is 6.61 Å². The number of nitro groups is 1. The lowest BCUT2D eigenvalue weighted by Gasteiger charge is -2.40. The van der Waals surface area contributed by atoms with Crippen molar-refractivity contribution in [2.24, 2.45) is 17.8 Å². The van der Waals surface area contributed by atoms with Crippen molar-refractivity contribution in [3.8, 4) is 5.75 Å². The Hall–Kier alpha value is -3.50. The van der Waals surface area contributed by atoms with Crippen LogP contribution >= 0.6 is 0 Å². The first-order chi connectivity index (χ1) is 22.4. The number of amides is 1. The van der Waals surface area contributed by atoms with Gasteiger partial charge < -0.3 is 19.6 Å². The zero-order chi connectivity index (χ0) is 32.0. The number of aliphatic carboxylic acids is 1. The summed E-state index contributed by atoms with van der Waals surface area (Å²) in [6, 6.07) is 16.2. The fourth-order valence-corrected chi connectivity index (χ4v) is 8.17. The molecule has 0 aromatic heterocycles. The second-order valence-electron chi connectivity index (χ2n) is 14.0. The van der Waals surface area contributed by atoms with Gasteiger partial charge in [0.2, 0.25) is 0 Å². The molecule has 1 amide bonds. The van der Waals surface area contributed by atoms with Crippen LogP contribution in [0.4, 0.5) is 5.69 Å². The van der Waals surface area contributed by atoms with Crippen LogP contribution in [0.3, 0.4) is 0 Å². The summed E-state index contributed by atoms with van der Waals surface area (Å²) in [5, 5.41) is 21.3. The molecule has 248 valence electrons. The zero-order valence-electron chi connectivity index (χ0n) is 26.8. The van der Waals surface area contributed by atoms with Gasteiger partial charge in [-0.25, -0.2) is 0 Å². The smallest absolute Gasteiger partial charge is 0.321 e. The number of likely N-dealkylation sites (tertiary alicyclic amines) is 2. The Balaban J connectivity index is 1.07. The molecule has 2 heterocycles. The van der Waals surface area contributed by atoms with Crippen molar-refractivity contribution in [2.75, 3.05) is 45.9 Å². The maximum Gasteiger partial charge on any atom is 0.321 e. The van der Waals surface area contributed by atoms with Crippen molar-refractivity contribution < 1.29 is 24.4 Å². The molecule has 4 fully saturated rings. The molecule has 0 radical (unpaired) electrons. The number of non-ortho nitro benzene ring substituents is 1. The van der Waals surface area contributed by atoms with Crippen LogP contribution in [-0.4, -0.2) is 94.6 Å². The second-order valence-corrected chi connectivity index (χ2v) is 14.0. The fraction of sp³-hybridized carbons (Fsp3) is 0.611. The minimum Gasteiger partial charge on any atom is -0.484 e. The lowest BCUT2D eigenvalue weighted by molar-refractivity contribution is -0.384. The predicted octanol–water partition coefficient (Wildman–Crippen LogP) is 5.43. The van der Waals surface area contributed by atoms with E-state index in [4.69, 9.17) is 4.74 Å². The highest BCUT2D eigenvalue weighted by Crippen LogP contribution is 2.39. The van der Waals surface area contributed by atoms with Gasteiger partial charge in [-0.05, 0) is 74.0 Å². The number of hydrogen-bond donors (Lipinski definition) is 1. The summed E-state index contributed by atoms with van der Waals surface area (Å²) in [5.74, 6) is 1.20. The molecule has 2 aliphatic carbocycles. The van der Waals surface area contributed by atoms with Crippen LogP contribution in [0.2, 0.25) is 0 Å². The highest BCUT2D eigenvalue weighted by atomic mass is 16.6. The molecule has 3 atom stereocenters. The van der Waals surface area contributed by atoms with Crippen LogP contribution in [0.1, 0.15) is 69.3 Å². The average molecular weight is 633 g/mol. The molecule has 2 aliphatic heterocycles. The lowest BCUT2D eigenvalue weighted by atomic mass is 9.83. The van der Waals surface area contributed by atoms with Gasteiger partial charge >= 0.3 is 5.97 Å². The lowest BCUT2D eigenvalue weighted by Crippen LogP contribution is -2.50. The van der Waals surface area contributed by atoms with Gasteiger partial charge in [0.1, 0.15) is 11.8 Å². The summed E-state index contributed by atoms with van der Waals surface area (Å²) in [6.07, 6.45) is 9.62. The third kappa shape index (κ3) is 8.07. The third-order valence-electron chi connectivity index (χ3n) is 10.8. The number of carboxylic acid groups (broad SMARTS) is 1. The van der Waals surface area contributed by atoms with Crippen LogP contribution in [-0.2, 0) is 9.59 Å². The molecule has 4 aliphatic rings. The first kappa shape index (κ1) is 32.4. The van der Waals surface area contributed by atoms with Crippen LogP contribution in [0.15, 0.2) is 54.6 Å². The molecule has 10 heteroatoms. The number of carbonyl (C=O) groups excluding carboxylic acids is 1. The Bertz CT molecular complexity index is 1320. The number of carboxylic acids is 1. The number of rotatable bonds is 13. The molecule has 6 rings (SSSR count). The minimum atomic E-state index is -0.668. The first-order valence-electron chi connectivity index (χ1n) is 17.3. The Morgan fingerprint density at radius 1 is 0.935 bits per heavy atom. The van der Waals surface area contributed by atoms with E-state index in [0.717, 1.165) is 90.6 Å². The van der Waals surface area contributed by atoms with Crippen molar-refractivity contribution >= 4 is 17.6 Å². The zero-order valence-corrected chi connectivity index (χ0v) is 26.8. The standard InChI is InChI=1S/C36H48N4O6/c41-34(25-46-32-15-13-31(14-16-32)40(44)45)39(21-26-11-12-26)30-17-19-37(20-18-30)22-29-23-38(24-33(29)27-7-3-1-4-8-27)35(36(42)43)28-9-5-2-6-10-28/h1,3-4,7-8,13-16,26,28-30,33,35H,2,5-6,9-12,17-25H2,(H,42,43)/t29-,33+,35+/m0/s1. The average Bonchev–Trinajstić information content (AvgIpc) is 3.82. The topological polar surface area (TPSA) is 116 Å². The van der Waals surface area contributed by atoms with Crippen molar-refractivity contribution in [1.82, 2.24) is 14.7 Å². The summed E-state index contributed by atoms with van der Waals surface area (Å²) in [5.41, 5.74) is 1.29. The molecule has 1 N–H and O–H groups in total. The van der Waals surface area contributed by atoms with Crippen molar-refractivity contribution in [3.63, 3.8) is 0 Å². The van der Waals surface area contributed by atoms with E-state index in [9.17, 15) is 24.8 Å². The molecular formula is C36H48N4O6. The van der Waals surface area contributed by atoms with E-state index < -0.39 is 16.9 Å². The molecule has 46 heavy (non-hydrogen) atoms. The van der Waals surface area contributed by atoms with E-state index in [-0.39, 0.29) is 30.2 Å². The molecule has 2 aromatic rings. The Morgan fingerprint density at radius 3 is 2.26 bits per heavy atom. The molecule has 10 nitrogen and oxygen atoms in total. The van der Waals surface area contributed by atoms with E-state index >= 15 is 0 Å². The van der Waals surface area contributed by atoms with Gasteiger partial charge in [0.25, 0.3) is 11.6 Å². The summed E-state index contributed by atoms with van der Waals surface area (Å²) < 4.78 is 5.76. The van der Waals surface area contributed by atoms with Gasteiger partial charge in [-0.3, -0.25) is 24.6 Å². The molecular weight excluding hydrogens is 584 g/mol. The molecule has 0 unspecified atom stereocenters. The summed E-state index contributed by atoms with van der Waals surface area (Å²) >= 11 is 0. The van der Waals surface area contributed by atoms with Gasteiger partial charge in [0.05, 0.1) is 4.92 Å². The molecule has 0 bridgehead atoms. The third-order valence-corrected chi connectivity index (χ3v) is 10.8. The van der Waals surface area contributed by atoms with Gasteiger partial charge in [-0.1, -0.05) is 49.6 Å². The van der Waals surface area contributed by atoms with Crippen molar-refractivity contribution in [1.29, 1.82) is 0 Å². The van der Waals surface area contributed by atoms with Crippen molar-refractivity contribution in [3.05, 3.63) is 70.3 Å². The Labute approximate surface area is 271 Å². The highest BCUT2D eigenvalue weighted by Gasteiger charge is 2.43. The van der Waals surface area contributed by atoms with E-state index in [1.54, 1.807) is 0 Å². The van der Waals surface area contributed by atoms with Crippen LogP contribution in [0.25, 0.3) is 0 Å². The van der Waals surface area contributed by atoms with Gasteiger partial charge in [-0.15, -0.1) is 0 Å². The number of piperidine rings is 1. The molecule has 0 spiro atoms. The van der Waals surface area contributed by atoms with E-state index in [1.807, 2.05) is 11.0 Å². The second kappa shape index (κ2) is 14.9. The minimum absolute atomic E-state index is 0.00729. The number of hydrogen-bond acceptors (Lipinski definition) is 7. The summed E-state index contributed by atoms with van der Waals surface area (Å²) in [6.45, 7) is 5.03. The summed E-state index contributed by atoms with van der Waals surface area (Å²) in [7, 11) is 0. The van der Waals surface area contributed by atoms with Crippen LogP contribution in [0, 0.1) is 27.9 Å². The van der Waals surface area contributed by atoms with Gasteiger partial charge in [-0.2, -0.15) is 0 Å². The number of nitrogens with zero attached hydrogens (tertiary/aromatic N) is 4. The van der Waals surface area contributed by atoms with Crippen LogP contribution < -0.4 is 4.74 Å². The highest BCUT2D eigenvalue weighted by molar-refractivity contribution is 5.78. The molecule has 2 saturated heterocycles. The Kier molecular flexibility index (Phi) is 10.5. The molecule has 2 saturated carbocycles. The van der Waals surface area contributed by atoms with E-state index in [0.29, 0.717) is 23.5 Å². The largest absolute Gasteiger partial charge is 0.484 e. The maximum atomic E-state index is 13.4. The summed E-state index contributed by atoms with van der Waals surface area (Å²) in [4.78, 5) is 43.4. The van der Waals surface area contributed by atoms with E-state index in [2.05, 4.69) is 34.1 Å². The number of carbonyl (C=O) groups is 2. The predicted molar refractivity (Wildman–Crippen MR) is 175 cm³/mol.